The van der Waals surface area contributed by atoms with Crippen molar-refractivity contribution in [1.82, 2.24) is 4.90 Å². The molecule has 1 fully saturated rings. The van der Waals surface area contributed by atoms with Crippen LogP contribution in [-0.4, -0.2) is 41.6 Å². The molecule has 1 rings (SSSR count). The van der Waals surface area contributed by atoms with Crippen molar-refractivity contribution < 1.29 is 0 Å². The van der Waals surface area contributed by atoms with E-state index in [0.29, 0.717) is 0 Å². The summed E-state index contributed by atoms with van der Waals surface area (Å²) in [5.74, 6) is 2.64. The Morgan fingerprint density at radius 3 is 2.69 bits per heavy atom. The molecule has 3 heteroatoms. The standard InChI is InChI=1S/C10H22N2S/c1-10(2,11)5-6-12(3)9-4-7-13-8-9/h9H,4-8,11H2,1-3H3. The van der Waals surface area contributed by atoms with Crippen molar-refractivity contribution in [3.8, 4) is 0 Å². The Bertz CT molecular complexity index is 147. The molecule has 1 heterocycles. The fourth-order valence-electron chi connectivity index (χ4n) is 1.52. The molecule has 0 aliphatic carbocycles. The molecule has 0 bridgehead atoms. The molecule has 13 heavy (non-hydrogen) atoms. The van der Waals surface area contributed by atoms with Gasteiger partial charge in [-0.3, -0.25) is 0 Å². The van der Waals surface area contributed by atoms with E-state index in [-0.39, 0.29) is 5.54 Å². The first-order valence-electron chi connectivity index (χ1n) is 5.06. The molecule has 1 aliphatic rings. The Kier molecular flexibility index (Phi) is 4.07. The van der Waals surface area contributed by atoms with E-state index in [4.69, 9.17) is 5.73 Å². The Balaban J connectivity index is 2.20. The molecule has 78 valence electrons. The SMILES string of the molecule is CN(CCC(C)(C)N)C1CCSC1. The van der Waals surface area contributed by atoms with Crippen LogP contribution in [0.4, 0.5) is 0 Å². The number of rotatable bonds is 4. The van der Waals surface area contributed by atoms with E-state index in [9.17, 15) is 0 Å². The second-order valence-electron chi connectivity index (χ2n) is 4.74. The zero-order chi connectivity index (χ0) is 9.90. The lowest BCUT2D eigenvalue weighted by molar-refractivity contribution is 0.239. The highest BCUT2D eigenvalue weighted by Crippen LogP contribution is 2.21. The van der Waals surface area contributed by atoms with Gasteiger partial charge in [0.15, 0.2) is 0 Å². The number of hydrogen-bond acceptors (Lipinski definition) is 3. The van der Waals surface area contributed by atoms with Gasteiger partial charge in [-0.05, 0) is 46.0 Å². The van der Waals surface area contributed by atoms with Gasteiger partial charge >= 0.3 is 0 Å². The van der Waals surface area contributed by atoms with E-state index < -0.39 is 0 Å². The van der Waals surface area contributed by atoms with Crippen molar-refractivity contribution in [2.45, 2.75) is 38.3 Å². The minimum Gasteiger partial charge on any atom is -0.326 e. The predicted octanol–water partition coefficient (Wildman–Crippen LogP) is 1.55. The second kappa shape index (κ2) is 4.67. The summed E-state index contributed by atoms with van der Waals surface area (Å²) in [4.78, 5) is 2.47. The molecule has 0 aromatic carbocycles. The summed E-state index contributed by atoms with van der Waals surface area (Å²) >= 11 is 2.07. The molecule has 0 radical (unpaired) electrons. The minimum atomic E-state index is -0.0139. The van der Waals surface area contributed by atoms with Crippen LogP contribution in [0.15, 0.2) is 0 Å². The molecule has 0 amide bonds. The van der Waals surface area contributed by atoms with Crippen LogP contribution in [0.1, 0.15) is 26.7 Å². The van der Waals surface area contributed by atoms with E-state index in [1.165, 1.54) is 17.9 Å². The lowest BCUT2D eigenvalue weighted by atomic mass is 10.0. The highest BCUT2D eigenvalue weighted by atomic mass is 32.2. The molecule has 1 saturated heterocycles. The topological polar surface area (TPSA) is 29.3 Å². The van der Waals surface area contributed by atoms with Crippen molar-refractivity contribution in [3.63, 3.8) is 0 Å². The fraction of sp³-hybridized carbons (Fsp3) is 1.00. The quantitative estimate of drug-likeness (QED) is 0.750. The summed E-state index contributed by atoms with van der Waals surface area (Å²) in [7, 11) is 2.22. The van der Waals surface area contributed by atoms with Gasteiger partial charge < -0.3 is 10.6 Å². The Hall–Kier alpha value is 0.270. The summed E-state index contributed by atoms with van der Waals surface area (Å²) in [6, 6.07) is 0.798. The van der Waals surface area contributed by atoms with Gasteiger partial charge in [-0.2, -0.15) is 11.8 Å². The molecule has 2 N–H and O–H groups in total. The van der Waals surface area contributed by atoms with Gasteiger partial charge in [0.1, 0.15) is 0 Å². The van der Waals surface area contributed by atoms with E-state index in [1.807, 2.05) is 0 Å². The van der Waals surface area contributed by atoms with Gasteiger partial charge in [-0.15, -0.1) is 0 Å². The Morgan fingerprint density at radius 1 is 1.54 bits per heavy atom. The molecule has 0 aromatic rings. The molecule has 0 saturated carbocycles. The summed E-state index contributed by atoms with van der Waals surface area (Å²) in [6.07, 6.45) is 2.44. The van der Waals surface area contributed by atoms with Crippen molar-refractivity contribution in [2.75, 3.05) is 25.1 Å². The number of nitrogens with zero attached hydrogens (tertiary/aromatic N) is 1. The van der Waals surface area contributed by atoms with Crippen LogP contribution < -0.4 is 5.73 Å². The smallest absolute Gasteiger partial charge is 0.0191 e. The lowest BCUT2D eigenvalue weighted by Crippen LogP contribution is -2.39. The highest BCUT2D eigenvalue weighted by Gasteiger charge is 2.21. The minimum absolute atomic E-state index is 0.0139. The summed E-state index contributed by atoms with van der Waals surface area (Å²) in [6.45, 7) is 5.34. The molecule has 1 aliphatic heterocycles. The van der Waals surface area contributed by atoms with Crippen LogP contribution in [0.5, 0.6) is 0 Å². The third-order valence-electron chi connectivity index (χ3n) is 2.64. The maximum Gasteiger partial charge on any atom is 0.0191 e. The molecule has 1 unspecified atom stereocenters. The fourth-order valence-corrected chi connectivity index (χ4v) is 2.82. The normalized spacial score (nSPS) is 24.2. The van der Waals surface area contributed by atoms with Crippen molar-refractivity contribution in [1.29, 1.82) is 0 Å². The lowest BCUT2D eigenvalue weighted by Gasteiger charge is -2.27. The van der Waals surface area contributed by atoms with E-state index >= 15 is 0 Å². The van der Waals surface area contributed by atoms with E-state index in [2.05, 4.69) is 37.6 Å². The van der Waals surface area contributed by atoms with Crippen LogP contribution in [-0.2, 0) is 0 Å². The molecule has 1 atom stereocenters. The number of hydrogen-bond donors (Lipinski definition) is 1. The van der Waals surface area contributed by atoms with Crippen molar-refractivity contribution in [2.24, 2.45) is 5.73 Å². The van der Waals surface area contributed by atoms with Crippen LogP contribution in [0.25, 0.3) is 0 Å². The molecule has 0 spiro atoms. The molecule has 0 aromatic heterocycles. The average Bonchev–Trinajstić information content (AvgIpc) is 2.50. The average molecular weight is 202 g/mol. The summed E-state index contributed by atoms with van der Waals surface area (Å²) in [5.41, 5.74) is 5.94. The van der Waals surface area contributed by atoms with Gasteiger partial charge in [0, 0.05) is 17.3 Å². The zero-order valence-electron chi connectivity index (χ0n) is 9.05. The maximum absolute atomic E-state index is 5.95. The van der Waals surface area contributed by atoms with Gasteiger partial charge in [-0.25, -0.2) is 0 Å². The first kappa shape index (κ1) is 11.3. The molecular weight excluding hydrogens is 180 g/mol. The summed E-state index contributed by atoms with van der Waals surface area (Å²) < 4.78 is 0. The Labute approximate surface area is 86.2 Å². The van der Waals surface area contributed by atoms with Crippen LogP contribution in [0, 0.1) is 0 Å². The van der Waals surface area contributed by atoms with Crippen LogP contribution in [0.2, 0.25) is 0 Å². The monoisotopic (exact) mass is 202 g/mol. The van der Waals surface area contributed by atoms with Gasteiger partial charge in [0.2, 0.25) is 0 Å². The van der Waals surface area contributed by atoms with Gasteiger partial charge in [-0.1, -0.05) is 0 Å². The van der Waals surface area contributed by atoms with E-state index in [0.717, 1.165) is 19.0 Å². The number of nitrogens with two attached hydrogens (primary N) is 1. The van der Waals surface area contributed by atoms with Crippen molar-refractivity contribution >= 4 is 11.8 Å². The first-order chi connectivity index (χ1) is 5.99. The summed E-state index contributed by atoms with van der Waals surface area (Å²) in [5, 5.41) is 0. The van der Waals surface area contributed by atoms with E-state index in [1.54, 1.807) is 0 Å². The first-order valence-corrected chi connectivity index (χ1v) is 6.21. The van der Waals surface area contributed by atoms with Crippen LogP contribution >= 0.6 is 11.8 Å². The second-order valence-corrected chi connectivity index (χ2v) is 5.89. The van der Waals surface area contributed by atoms with Crippen molar-refractivity contribution in [3.05, 3.63) is 0 Å². The largest absolute Gasteiger partial charge is 0.326 e. The third-order valence-corrected chi connectivity index (χ3v) is 3.78. The highest BCUT2D eigenvalue weighted by molar-refractivity contribution is 7.99. The van der Waals surface area contributed by atoms with Crippen LogP contribution in [0.3, 0.4) is 0 Å². The zero-order valence-corrected chi connectivity index (χ0v) is 9.86. The Morgan fingerprint density at radius 2 is 2.23 bits per heavy atom. The third kappa shape index (κ3) is 4.34. The van der Waals surface area contributed by atoms with Gasteiger partial charge in [0.25, 0.3) is 0 Å². The predicted molar refractivity (Wildman–Crippen MR) is 61.2 cm³/mol. The molecule has 2 nitrogen and oxygen atoms in total. The van der Waals surface area contributed by atoms with Gasteiger partial charge in [0.05, 0.1) is 0 Å². The number of thioether (sulfide) groups is 1. The molecular formula is C10H22N2S. The maximum atomic E-state index is 5.95.